The monoisotopic (exact) mass is 367 g/mol. The van der Waals surface area contributed by atoms with E-state index in [4.69, 9.17) is 10.9 Å². The molecule has 5 N–H and O–H groups in total. The lowest BCUT2D eigenvalue weighted by Gasteiger charge is -2.36. The summed E-state index contributed by atoms with van der Waals surface area (Å²) < 4.78 is 23.9. The minimum Gasteiger partial charge on any atom is -0.373 e. The van der Waals surface area contributed by atoms with Crippen LogP contribution in [0.1, 0.15) is 45.7 Å². The highest BCUT2D eigenvalue weighted by Crippen LogP contribution is 2.51. The lowest BCUT2D eigenvalue weighted by atomic mass is 9.70. The first-order chi connectivity index (χ1) is 11.2. The molecule has 1 fully saturated rings. The van der Waals surface area contributed by atoms with E-state index in [1.807, 2.05) is 13.0 Å². The summed E-state index contributed by atoms with van der Waals surface area (Å²) in [5.74, 6) is 1.37. The Hall–Kier alpha value is -1.71. The first kappa shape index (κ1) is 17.1. The van der Waals surface area contributed by atoms with Gasteiger partial charge in [0.2, 0.25) is 16.0 Å². The van der Waals surface area contributed by atoms with Gasteiger partial charge in [-0.05, 0) is 38.2 Å². The van der Waals surface area contributed by atoms with Crippen LogP contribution in [0.15, 0.2) is 11.0 Å². The number of thiophene rings is 1. The molecule has 2 aromatic heterocycles. The number of anilines is 2. The molecule has 0 amide bonds. The Balaban J connectivity index is 1.87. The Kier molecular flexibility index (Phi) is 4.27. The molecule has 0 radical (unpaired) electrons. The van der Waals surface area contributed by atoms with Crippen LogP contribution in [0.3, 0.4) is 0 Å². The summed E-state index contributed by atoms with van der Waals surface area (Å²) in [5, 5.41) is 8.40. The zero-order valence-electron chi connectivity index (χ0n) is 13.8. The fourth-order valence-corrected chi connectivity index (χ4v) is 6.03. The molecule has 130 valence electrons. The molecule has 9 heteroatoms. The normalized spacial score (nSPS) is 20.7. The standard InChI is InChI=1S/C15H21N5O2S2/c1-7-13(14(8(2)23-7)24(17,21)22)10-4-9(5-10)11-6-12(18-3)20-15(16)19-11/h6,9-10H,4-5H2,1-3H3,(H2,17,21,22)(H3,16,18,19,20). The third kappa shape index (κ3) is 2.99. The summed E-state index contributed by atoms with van der Waals surface area (Å²) in [6.45, 7) is 3.76. The second-order valence-corrected chi connectivity index (χ2v) is 9.08. The van der Waals surface area contributed by atoms with Gasteiger partial charge in [-0.1, -0.05) is 0 Å². The summed E-state index contributed by atoms with van der Waals surface area (Å²) in [4.78, 5) is 10.5. The maximum Gasteiger partial charge on any atom is 0.239 e. The smallest absolute Gasteiger partial charge is 0.239 e. The van der Waals surface area contributed by atoms with E-state index in [9.17, 15) is 8.42 Å². The van der Waals surface area contributed by atoms with Crippen molar-refractivity contribution >= 4 is 33.1 Å². The van der Waals surface area contributed by atoms with Crippen molar-refractivity contribution < 1.29 is 8.42 Å². The number of nitrogens with one attached hydrogen (secondary N) is 1. The Morgan fingerprint density at radius 1 is 1.21 bits per heavy atom. The van der Waals surface area contributed by atoms with Crippen LogP contribution in [0.5, 0.6) is 0 Å². The number of aryl methyl sites for hydroxylation is 2. The molecule has 0 aromatic carbocycles. The number of nitrogen functional groups attached to an aromatic ring is 1. The molecule has 0 aliphatic heterocycles. The number of rotatable bonds is 4. The van der Waals surface area contributed by atoms with Gasteiger partial charge in [-0.2, -0.15) is 4.98 Å². The molecule has 0 spiro atoms. The first-order valence-electron chi connectivity index (χ1n) is 7.65. The number of nitrogens with two attached hydrogens (primary N) is 2. The largest absolute Gasteiger partial charge is 0.373 e. The zero-order chi connectivity index (χ0) is 17.6. The quantitative estimate of drug-likeness (QED) is 0.760. The highest BCUT2D eigenvalue weighted by atomic mass is 32.2. The van der Waals surface area contributed by atoms with Crippen molar-refractivity contribution in [2.45, 2.75) is 43.4 Å². The zero-order valence-corrected chi connectivity index (χ0v) is 15.5. The van der Waals surface area contributed by atoms with Crippen LogP contribution in [-0.4, -0.2) is 25.4 Å². The van der Waals surface area contributed by atoms with Gasteiger partial charge in [0.15, 0.2) is 0 Å². The summed E-state index contributed by atoms with van der Waals surface area (Å²) in [7, 11) is -1.93. The van der Waals surface area contributed by atoms with Crippen molar-refractivity contribution in [1.82, 2.24) is 9.97 Å². The van der Waals surface area contributed by atoms with Gasteiger partial charge >= 0.3 is 0 Å². The summed E-state index contributed by atoms with van der Waals surface area (Å²) in [5.41, 5.74) is 7.52. The van der Waals surface area contributed by atoms with Crippen molar-refractivity contribution in [2.75, 3.05) is 18.1 Å². The van der Waals surface area contributed by atoms with E-state index in [0.29, 0.717) is 10.7 Å². The third-order valence-corrected chi connectivity index (χ3v) is 6.78. The van der Waals surface area contributed by atoms with Gasteiger partial charge in [0.05, 0.1) is 10.6 Å². The molecule has 24 heavy (non-hydrogen) atoms. The number of nitrogens with zero attached hydrogens (tertiary/aromatic N) is 2. The summed E-state index contributed by atoms with van der Waals surface area (Å²) in [6.07, 6.45) is 1.66. The Labute approximate surface area is 145 Å². The van der Waals surface area contributed by atoms with Gasteiger partial charge < -0.3 is 11.1 Å². The van der Waals surface area contributed by atoms with Crippen molar-refractivity contribution in [3.63, 3.8) is 0 Å². The molecule has 2 aromatic rings. The van der Waals surface area contributed by atoms with Gasteiger partial charge in [0.25, 0.3) is 0 Å². The number of hydrogen-bond donors (Lipinski definition) is 3. The van der Waals surface area contributed by atoms with Crippen LogP contribution in [0.25, 0.3) is 0 Å². The average molecular weight is 368 g/mol. The van der Waals surface area contributed by atoms with Crippen LogP contribution < -0.4 is 16.2 Å². The molecule has 1 aliphatic carbocycles. The van der Waals surface area contributed by atoms with Crippen LogP contribution in [-0.2, 0) is 10.0 Å². The van der Waals surface area contributed by atoms with E-state index in [-0.39, 0.29) is 17.8 Å². The molecule has 2 heterocycles. The van der Waals surface area contributed by atoms with Crippen molar-refractivity contribution in [3.8, 4) is 0 Å². The Bertz CT molecular complexity index is 886. The molecule has 0 saturated heterocycles. The number of aromatic nitrogens is 2. The topological polar surface area (TPSA) is 124 Å². The lowest BCUT2D eigenvalue weighted by Crippen LogP contribution is -2.24. The first-order valence-corrected chi connectivity index (χ1v) is 10.0. The fourth-order valence-electron chi connectivity index (χ4n) is 3.42. The van der Waals surface area contributed by atoms with E-state index in [1.165, 1.54) is 11.3 Å². The van der Waals surface area contributed by atoms with Crippen molar-refractivity contribution in [3.05, 3.63) is 27.1 Å². The van der Waals surface area contributed by atoms with E-state index < -0.39 is 10.0 Å². The van der Waals surface area contributed by atoms with Gasteiger partial charge in [-0.25, -0.2) is 18.5 Å². The number of sulfonamides is 1. The second-order valence-electron chi connectivity index (χ2n) is 6.15. The highest BCUT2D eigenvalue weighted by molar-refractivity contribution is 7.89. The molecule has 0 bridgehead atoms. The van der Waals surface area contributed by atoms with E-state index >= 15 is 0 Å². The summed E-state index contributed by atoms with van der Waals surface area (Å²) >= 11 is 1.49. The summed E-state index contributed by atoms with van der Waals surface area (Å²) in [6, 6.07) is 1.89. The molecule has 3 rings (SSSR count). The van der Waals surface area contributed by atoms with Gasteiger partial charge in [-0.15, -0.1) is 11.3 Å². The molecular formula is C15H21N5O2S2. The second kappa shape index (κ2) is 5.98. The van der Waals surface area contributed by atoms with E-state index in [2.05, 4.69) is 15.3 Å². The van der Waals surface area contributed by atoms with Gasteiger partial charge in [-0.3, -0.25) is 0 Å². The highest BCUT2D eigenvalue weighted by Gasteiger charge is 2.38. The lowest BCUT2D eigenvalue weighted by molar-refractivity contribution is 0.340. The molecule has 0 atom stereocenters. The molecule has 7 nitrogen and oxygen atoms in total. The van der Waals surface area contributed by atoms with Crippen molar-refractivity contribution in [1.29, 1.82) is 0 Å². The maximum atomic E-state index is 12.0. The predicted octanol–water partition coefficient (Wildman–Crippen LogP) is 2.09. The van der Waals surface area contributed by atoms with E-state index in [0.717, 1.165) is 33.9 Å². The Morgan fingerprint density at radius 3 is 2.46 bits per heavy atom. The molecular weight excluding hydrogens is 346 g/mol. The van der Waals surface area contributed by atoms with Crippen LogP contribution in [0, 0.1) is 13.8 Å². The fraction of sp³-hybridized carbons (Fsp3) is 0.467. The minimum absolute atomic E-state index is 0.183. The SMILES string of the molecule is CNc1cc(C2CC(c3c(C)sc(C)c3S(N)(=O)=O)C2)nc(N)n1. The third-order valence-electron chi connectivity index (χ3n) is 4.52. The number of hydrogen-bond acceptors (Lipinski definition) is 7. The number of primary sulfonamides is 1. The molecule has 1 saturated carbocycles. The average Bonchev–Trinajstić information content (AvgIpc) is 2.71. The minimum atomic E-state index is -3.71. The predicted molar refractivity (Wildman–Crippen MR) is 95.9 cm³/mol. The molecule has 1 aliphatic rings. The van der Waals surface area contributed by atoms with Crippen LogP contribution in [0.4, 0.5) is 11.8 Å². The van der Waals surface area contributed by atoms with E-state index in [1.54, 1.807) is 14.0 Å². The van der Waals surface area contributed by atoms with Crippen LogP contribution in [0.2, 0.25) is 0 Å². The van der Waals surface area contributed by atoms with Crippen molar-refractivity contribution in [2.24, 2.45) is 5.14 Å². The Morgan fingerprint density at radius 2 is 1.88 bits per heavy atom. The van der Waals surface area contributed by atoms with Crippen LogP contribution >= 0.6 is 11.3 Å². The van der Waals surface area contributed by atoms with Gasteiger partial charge in [0, 0.05) is 28.8 Å². The molecule has 0 unspecified atom stereocenters. The van der Waals surface area contributed by atoms with Gasteiger partial charge in [0.1, 0.15) is 5.82 Å². The maximum absolute atomic E-state index is 12.0.